The lowest BCUT2D eigenvalue weighted by Gasteiger charge is -2.26. The molecular formula is C17H25NO3. The molecule has 1 saturated carbocycles. The quantitative estimate of drug-likeness (QED) is 0.876. The van der Waals surface area contributed by atoms with E-state index in [2.05, 4.69) is 19.2 Å². The molecule has 1 amide bonds. The molecule has 0 bridgehead atoms. The molecule has 2 rings (SSSR count). The zero-order valence-corrected chi connectivity index (χ0v) is 12.8. The van der Waals surface area contributed by atoms with E-state index in [9.17, 15) is 9.90 Å². The topological polar surface area (TPSA) is 58.6 Å². The van der Waals surface area contributed by atoms with Gasteiger partial charge >= 0.3 is 0 Å². The Kier molecular flexibility index (Phi) is 5.62. The average molecular weight is 291 g/mol. The zero-order chi connectivity index (χ0) is 15.2. The second kappa shape index (κ2) is 7.46. The number of aliphatic hydroxyl groups excluding tert-OH is 1. The molecule has 116 valence electrons. The van der Waals surface area contributed by atoms with Crippen LogP contribution in [0.2, 0.25) is 0 Å². The smallest absolute Gasteiger partial charge is 0.258 e. The normalized spacial score (nSPS) is 22.1. The first-order valence-electron chi connectivity index (χ1n) is 7.75. The number of carbonyl (C=O) groups excluding carboxylic acids is 1. The highest BCUT2D eigenvalue weighted by Gasteiger charge is 2.20. The lowest BCUT2D eigenvalue weighted by molar-refractivity contribution is -0.124. The molecule has 4 heteroatoms. The second-order valence-corrected chi connectivity index (χ2v) is 6.09. The van der Waals surface area contributed by atoms with Crippen molar-refractivity contribution in [2.75, 3.05) is 6.61 Å². The van der Waals surface area contributed by atoms with E-state index in [-0.39, 0.29) is 24.7 Å². The molecule has 1 aliphatic carbocycles. The van der Waals surface area contributed by atoms with Gasteiger partial charge in [0, 0.05) is 6.04 Å². The predicted molar refractivity (Wildman–Crippen MR) is 82.4 cm³/mol. The van der Waals surface area contributed by atoms with Crippen LogP contribution in [0.3, 0.4) is 0 Å². The van der Waals surface area contributed by atoms with Crippen molar-refractivity contribution in [3.05, 3.63) is 29.8 Å². The maximum atomic E-state index is 11.8. The summed E-state index contributed by atoms with van der Waals surface area (Å²) >= 11 is 0. The highest BCUT2D eigenvalue weighted by atomic mass is 16.5. The van der Waals surface area contributed by atoms with Crippen molar-refractivity contribution in [1.82, 2.24) is 5.32 Å². The minimum Gasteiger partial charge on any atom is -0.484 e. The number of aliphatic hydroxyl groups is 1. The van der Waals surface area contributed by atoms with Crippen molar-refractivity contribution in [2.45, 2.75) is 57.6 Å². The third kappa shape index (κ3) is 5.05. The summed E-state index contributed by atoms with van der Waals surface area (Å²) in [5.41, 5.74) is 1.26. The van der Waals surface area contributed by atoms with Gasteiger partial charge < -0.3 is 15.2 Å². The number of benzene rings is 1. The highest BCUT2D eigenvalue weighted by Crippen LogP contribution is 2.19. The monoisotopic (exact) mass is 291 g/mol. The Morgan fingerprint density at radius 1 is 1.24 bits per heavy atom. The van der Waals surface area contributed by atoms with E-state index in [1.54, 1.807) is 0 Å². The lowest BCUT2D eigenvalue weighted by atomic mass is 9.93. The van der Waals surface area contributed by atoms with Crippen molar-refractivity contribution >= 4 is 5.91 Å². The minimum atomic E-state index is -0.200. The summed E-state index contributed by atoms with van der Waals surface area (Å²) in [5, 5.41) is 12.4. The average Bonchev–Trinajstić information content (AvgIpc) is 2.48. The van der Waals surface area contributed by atoms with Gasteiger partial charge in [-0.3, -0.25) is 4.79 Å². The summed E-state index contributed by atoms with van der Waals surface area (Å²) in [6.07, 6.45) is 3.02. The number of rotatable bonds is 5. The van der Waals surface area contributed by atoms with Crippen molar-refractivity contribution in [3.63, 3.8) is 0 Å². The second-order valence-electron chi connectivity index (χ2n) is 6.09. The van der Waals surface area contributed by atoms with Crippen LogP contribution < -0.4 is 10.1 Å². The standard InChI is InChI=1S/C17H25NO3/c1-12(2)13-3-9-16(10-4-13)21-11-17(20)18-14-5-7-15(19)8-6-14/h3-4,9-10,12,14-15,19H,5-8,11H2,1-2H3,(H,18,20). The fourth-order valence-corrected chi connectivity index (χ4v) is 2.59. The Bertz CT molecular complexity index is 448. The summed E-state index contributed by atoms with van der Waals surface area (Å²) in [6.45, 7) is 4.33. The van der Waals surface area contributed by atoms with E-state index >= 15 is 0 Å². The predicted octanol–water partition coefficient (Wildman–Crippen LogP) is 2.61. The van der Waals surface area contributed by atoms with Gasteiger partial charge in [0.2, 0.25) is 0 Å². The Balaban J connectivity index is 1.73. The maximum absolute atomic E-state index is 11.8. The van der Waals surface area contributed by atoms with Crippen LogP contribution in [-0.4, -0.2) is 29.8 Å². The number of ether oxygens (including phenoxy) is 1. The summed E-state index contributed by atoms with van der Waals surface area (Å²) in [5.74, 6) is 1.11. The number of hydrogen-bond donors (Lipinski definition) is 2. The van der Waals surface area contributed by atoms with Crippen LogP contribution in [0.5, 0.6) is 5.75 Å². The molecule has 21 heavy (non-hydrogen) atoms. The lowest BCUT2D eigenvalue weighted by Crippen LogP contribution is -2.40. The summed E-state index contributed by atoms with van der Waals surface area (Å²) in [4.78, 5) is 11.8. The number of carbonyl (C=O) groups is 1. The summed E-state index contributed by atoms with van der Waals surface area (Å²) < 4.78 is 5.50. The van der Waals surface area contributed by atoms with E-state index in [0.29, 0.717) is 11.7 Å². The molecule has 0 aromatic heterocycles. The first-order valence-corrected chi connectivity index (χ1v) is 7.75. The summed E-state index contributed by atoms with van der Waals surface area (Å²) in [7, 11) is 0. The van der Waals surface area contributed by atoms with Crippen LogP contribution in [0, 0.1) is 0 Å². The van der Waals surface area contributed by atoms with E-state index in [4.69, 9.17) is 4.74 Å². The SMILES string of the molecule is CC(C)c1ccc(OCC(=O)NC2CCC(O)CC2)cc1. The number of hydrogen-bond acceptors (Lipinski definition) is 3. The fourth-order valence-electron chi connectivity index (χ4n) is 2.59. The Labute approximate surface area is 126 Å². The van der Waals surface area contributed by atoms with Crippen molar-refractivity contribution in [3.8, 4) is 5.75 Å². The summed E-state index contributed by atoms with van der Waals surface area (Å²) in [6, 6.07) is 8.04. The van der Waals surface area contributed by atoms with Gasteiger partial charge in [-0.15, -0.1) is 0 Å². The van der Waals surface area contributed by atoms with Crippen LogP contribution in [0.15, 0.2) is 24.3 Å². The first-order chi connectivity index (χ1) is 10.0. The minimum absolute atomic E-state index is 0.0417. The molecule has 2 N–H and O–H groups in total. The molecule has 1 aromatic carbocycles. The van der Waals surface area contributed by atoms with Gasteiger partial charge in [-0.1, -0.05) is 26.0 Å². The van der Waals surface area contributed by atoms with E-state index < -0.39 is 0 Å². The molecule has 0 unspecified atom stereocenters. The van der Waals surface area contributed by atoms with Crippen LogP contribution >= 0.6 is 0 Å². The molecule has 0 atom stereocenters. The van der Waals surface area contributed by atoms with Crippen LogP contribution in [0.25, 0.3) is 0 Å². The fraction of sp³-hybridized carbons (Fsp3) is 0.588. The van der Waals surface area contributed by atoms with Gasteiger partial charge in [0.1, 0.15) is 5.75 Å². The molecule has 1 aliphatic rings. The largest absolute Gasteiger partial charge is 0.484 e. The molecule has 4 nitrogen and oxygen atoms in total. The molecule has 0 spiro atoms. The molecular weight excluding hydrogens is 266 g/mol. The van der Waals surface area contributed by atoms with E-state index in [1.807, 2.05) is 24.3 Å². The van der Waals surface area contributed by atoms with Gasteiger partial charge in [0.25, 0.3) is 5.91 Å². The third-order valence-corrected chi connectivity index (χ3v) is 3.98. The van der Waals surface area contributed by atoms with Crippen molar-refractivity contribution < 1.29 is 14.6 Å². The van der Waals surface area contributed by atoms with Gasteiger partial charge in [-0.2, -0.15) is 0 Å². The van der Waals surface area contributed by atoms with Crippen molar-refractivity contribution in [1.29, 1.82) is 0 Å². The molecule has 0 saturated heterocycles. The van der Waals surface area contributed by atoms with Crippen LogP contribution in [0.1, 0.15) is 51.0 Å². The van der Waals surface area contributed by atoms with Gasteiger partial charge in [-0.25, -0.2) is 0 Å². The van der Waals surface area contributed by atoms with Crippen molar-refractivity contribution in [2.24, 2.45) is 0 Å². The van der Waals surface area contributed by atoms with Gasteiger partial charge in [-0.05, 0) is 49.3 Å². The highest BCUT2D eigenvalue weighted by molar-refractivity contribution is 5.77. The van der Waals surface area contributed by atoms with E-state index in [0.717, 1.165) is 25.7 Å². The zero-order valence-electron chi connectivity index (χ0n) is 12.8. The molecule has 1 fully saturated rings. The van der Waals surface area contributed by atoms with E-state index in [1.165, 1.54) is 5.56 Å². The first kappa shape index (κ1) is 15.8. The van der Waals surface area contributed by atoms with Crippen LogP contribution in [-0.2, 0) is 4.79 Å². The molecule has 0 radical (unpaired) electrons. The number of amides is 1. The maximum Gasteiger partial charge on any atom is 0.258 e. The molecule has 1 aromatic rings. The Hall–Kier alpha value is -1.55. The number of nitrogens with one attached hydrogen (secondary N) is 1. The Morgan fingerprint density at radius 2 is 1.86 bits per heavy atom. The third-order valence-electron chi connectivity index (χ3n) is 3.98. The van der Waals surface area contributed by atoms with Crippen LogP contribution in [0.4, 0.5) is 0 Å². The van der Waals surface area contributed by atoms with Gasteiger partial charge in [0.15, 0.2) is 6.61 Å². The molecule has 0 heterocycles. The Morgan fingerprint density at radius 3 is 2.43 bits per heavy atom. The van der Waals surface area contributed by atoms with Gasteiger partial charge in [0.05, 0.1) is 6.10 Å². The molecule has 0 aliphatic heterocycles.